The van der Waals surface area contributed by atoms with Crippen molar-refractivity contribution in [2.45, 2.75) is 0 Å². The Morgan fingerprint density at radius 1 is 2.00 bits per heavy atom. The summed E-state index contributed by atoms with van der Waals surface area (Å²) < 4.78 is 12.3. The molecule has 0 rings (SSSR count). The number of hydrogen-bond acceptors (Lipinski definition) is 3. The van der Waals surface area contributed by atoms with Crippen LogP contribution in [0.2, 0.25) is 0 Å². The third kappa shape index (κ3) is 4.27. The van der Waals surface area contributed by atoms with Crippen LogP contribution in [0.4, 0.5) is 0 Å². The molecule has 0 unspecified atom stereocenters. The highest BCUT2D eigenvalue weighted by Crippen LogP contribution is 1.85. The fourth-order valence-corrected chi connectivity index (χ4v) is 0.158. The Morgan fingerprint density at radius 3 is 2.60 bits per heavy atom. The van der Waals surface area contributed by atoms with Gasteiger partial charge >= 0.3 is 0 Å². The summed E-state index contributed by atoms with van der Waals surface area (Å²) in [5.74, 6) is 0.361. The summed E-state index contributed by atoms with van der Waals surface area (Å²) in [6, 6.07) is 0. The molecule has 0 aromatic rings. The van der Waals surface area contributed by atoms with Crippen molar-refractivity contribution in [3.8, 4) is 0 Å². The van der Waals surface area contributed by atoms with Gasteiger partial charge in [-0.1, -0.05) is 0 Å². The van der Waals surface area contributed by atoms with E-state index in [1.165, 1.54) is 7.11 Å². The minimum atomic E-state index is 0.361. The van der Waals surface area contributed by atoms with Gasteiger partial charge in [-0.2, -0.15) is 0 Å². The molecule has 0 aliphatic carbocycles. The molecule has 0 atom stereocenters. The van der Waals surface area contributed by atoms with E-state index in [2.05, 4.69) is 4.74 Å². The maximum absolute atomic E-state index is 7.86. The number of ether oxygens (including phenoxy) is 1. The maximum Gasteiger partial charge on any atom is 0.117 e. The zero-order valence-electron chi connectivity index (χ0n) is 2.97. The van der Waals surface area contributed by atoms with Crippen LogP contribution in [0.15, 0.2) is 0 Å². The van der Waals surface area contributed by atoms with Gasteiger partial charge < -0.3 is 9.29 Å². The van der Waals surface area contributed by atoms with Gasteiger partial charge in [-0.25, -0.2) is 0 Å². The molecule has 0 saturated carbocycles. The third-order valence-electron chi connectivity index (χ3n) is 0.171. The normalized spacial score (nSPS) is 8.40. The minimum Gasteiger partial charge on any atom is -0.372 e. The largest absolute Gasteiger partial charge is 0.372 e. The molecule has 2 nitrogen and oxygen atoms in total. The zero-order valence-corrected chi connectivity index (χ0v) is 3.79. The molecule has 0 aliphatic heterocycles. The summed E-state index contributed by atoms with van der Waals surface area (Å²) >= 11 is 0.679. The van der Waals surface area contributed by atoms with Gasteiger partial charge in [0, 0.05) is 19.2 Å². The summed E-state index contributed by atoms with van der Waals surface area (Å²) in [5.41, 5.74) is 0. The van der Waals surface area contributed by atoms with Crippen LogP contribution in [0.3, 0.4) is 0 Å². The van der Waals surface area contributed by atoms with Crippen molar-refractivity contribution in [1.29, 1.82) is 0 Å². The van der Waals surface area contributed by atoms with Crippen LogP contribution in [0.1, 0.15) is 0 Å². The van der Waals surface area contributed by atoms with Crippen LogP contribution in [0.25, 0.3) is 0 Å². The molecular weight excluding hydrogens is 88.1 g/mol. The Morgan fingerprint density at radius 2 is 2.60 bits per heavy atom. The first-order valence-corrected chi connectivity index (χ1v) is 2.11. The first-order valence-electron chi connectivity index (χ1n) is 1.17. The molecule has 0 saturated heterocycles. The topological polar surface area (TPSA) is 29.5 Å². The van der Waals surface area contributed by atoms with Gasteiger partial charge in [0.15, 0.2) is 0 Å². The second kappa shape index (κ2) is 4.27. The van der Waals surface area contributed by atoms with Crippen molar-refractivity contribution in [2.75, 3.05) is 13.0 Å². The van der Waals surface area contributed by atoms with Crippen molar-refractivity contribution in [2.24, 2.45) is 0 Å². The van der Waals surface area contributed by atoms with E-state index < -0.39 is 0 Å². The van der Waals surface area contributed by atoms with Gasteiger partial charge in [0.05, 0.1) is 0 Å². The molecule has 0 amide bonds. The summed E-state index contributed by atoms with van der Waals surface area (Å²) in [7, 11) is 1.53. The van der Waals surface area contributed by atoms with Gasteiger partial charge in [0.1, 0.15) is 5.94 Å². The second-order valence-corrected chi connectivity index (χ2v) is 1.03. The quantitative estimate of drug-likeness (QED) is 0.405. The fourth-order valence-electron chi connectivity index (χ4n) is 0.0527. The molecule has 1 N–H and O–H groups in total. The Bertz CT molecular complexity index is 15.1. The van der Waals surface area contributed by atoms with Gasteiger partial charge in [0.2, 0.25) is 0 Å². The highest BCUT2D eigenvalue weighted by molar-refractivity contribution is 7.93. The lowest BCUT2D eigenvalue weighted by Crippen LogP contribution is -1.75. The van der Waals surface area contributed by atoms with Crippen molar-refractivity contribution in [1.82, 2.24) is 0 Å². The predicted octanol–water partition coefficient (Wildman–Crippen LogP) is 0.796. The molecule has 0 fully saturated rings. The monoisotopic (exact) mass is 94.0 g/mol. The van der Waals surface area contributed by atoms with Crippen molar-refractivity contribution in [3.63, 3.8) is 0 Å². The number of methoxy groups -OCH3 is 1. The molecule has 5 heavy (non-hydrogen) atoms. The summed E-state index contributed by atoms with van der Waals surface area (Å²) in [5, 5.41) is 0. The Balaban J connectivity index is 2.19. The van der Waals surface area contributed by atoms with Crippen molar-refractivity contribution in [3.05, 3.63) is 0 Å². The minimum absolute atomic E-state index is 0.361. The van der Waals surface area contributed by atoms with Crippen molar-refractivity contribution >= 4 is 12.0 Å². The number of rotatable bonds is 2. The summed E-state index contributed by atoms with van der Waals surface area (Å²) in [4.78, 5) is 0. The average molecular weight is 94.1 g/mol. The van der Waals surface area contributed by atoms with Crippen LogP contribution in [-0.2, 0) is 4.74 Å². The predicted molar refractivity (Wildman–Crippen MR) is 22.1 cm³/mol. The van der Waals surface area contributed by atoms with E-state index in [1.54, 1.807) is 0 Å². The highest BCUT2D eigenvalue weighted by atomic mass is 32.2. The standard InChI is InChI=1S/C2H6O2S/c1-4-2-5-3/h3H,2H2,1H3. The lowest BCUT2D eigenvalue weighted by atomic mass is 11.5. The second-order valence-electron chi connectivity index (χ2n) is 0.536. The molecule has 0 spiro atoms. The van der Waals surface area contributed by atoms with E-state index in [9.17, 15) is 0 Å². The molecule has 0 heterocycles. The van der Waals surface area contributed by atoms with Gasteiger partial charge in [0.25, 0.3) is 0 Å². The van der Waals surface area contributed by atoms with E-state index in [0.717, 1.165) is 0 Å². The Labute approximate surface area is 35.3 Å². The molecule has 0 aromatic heterocycles. The molecule has 3 heteroatoms. The molecule has 32 valence electrons. The van der Waals surface area contributed by atoms with Gasteiger partial charge in [-0.15, -0.1) is 0 Å². The van der Waals surface area contributed by atoms with E-state index in [1.807, 2.05) is 0 Å². The van der Waals surface area contributed by atoms with E-state index >= 15 is 0 Å². The maximum atomic E-state index is 7.86. The molecule has 0 aliphatic rings. The Hall–Kier alpha value is 0.270. The van der Waals surface area contributed by atoms with E-state index in [0.29, 0.717) is 18.0 Å². The molecule has 0 radical (unpaired) electrons. The van der Waals surface area contributed by atoms with E-state index in [4.69, 9.17) is 4.55 Å². The smallest absolute Gasteiger partial charge is 0.117 e. The van der Waals surface area contributed by atoms with Gasteiger partial charge in [-0.3, -0.25) is 0 Å². The van der Waals surface area contributed by atoms with Gasteiger partial charge in [-0.05, 0) is 0 Å². The lowest BCUT2D eigenvalue weighted by Gasteiger charge is -1.82. The Kier molecular flexibility index (Phi) is 4.50. The molecular formula is C2H6O2S. The van der Waals surface area contributed by atoms with Crippen LogP contribution < -0.4 is 0 Å². The van der Waals surface area contributed by atoms with E-state index in [-0.39, 0.29) is 0 Å². The van der Waals surface area contributed by atoms with Crippen molar-refractivity contribution < 1.29 is 9.29 Å². The van der Waals surface area contributed by atoms with Crippen LogP contribution in [0, 0.1) is 0 Å². The third-order valence-corrected chi connectivity index (χ3v) is 0.512. The summed E-state index contributed by atoms with van der Waals surface area (Å²) in [6.45, 7) is 0. The fraction of sp³-hybridized carbons (Fsp3) is 1.00. The summed E-state index contributed by atoms with van der Waals surface area (Å²) in [6.07, 6.45) is 0. The number of hydrogen-bond donors (Lipinski definition) is 1. The van der Waals surface area contributed by atoms with Crippen LogP contribution in [-0.4, -0.2) is 17.6 Å². The first kappa shape index (κ1) is 5.27. The molecule has 0 aromatic carbocycles. The van der Waals surface area contributed by atoms with Crippen LogP contribution in [0.5, 0.6) is 0 Å². The zero-order chi connectivity index (χ0) is 4.12. The highest BCUT2D eigenvalue weighted by Gasteiger charge is 1.68. The average Bonchev–Trinajstić information content (AvgIpc) is 1.41. The lowest BCUT2D eigenvalue weighted by molar-refractivity contribution is 0.254. The SMILES string of the molecule is COCSO. The first-order chi connectivity index (χ1) is 2.41. The van der Waals surface area contributed by atoms with Crippen LogP contribution >= 0.6 is 12.0 Å². The molecule has 0 bridgehead atoms.